The Morgan fingerprint density at radius 2 is 1.65 bits per heavy atom. The van der Waals surface area contributed by atoms with E-state index in [-0.39, 0.29) is 5.54 Å². The van der Waals surface area contributed by atoms with E-state index in [1.165, 1.54) is 18.4 Å². The monoisotopic (exact) mass is 228 g/mol. The van der Waals surface area contributed by atoms with Gasteiger partial charge >= 0.3 is 0 Å². The number of nitrogens with zero attached hydrogens (tertiary/aromatic N) is 1. The normalized spacial score (nSPS) is 19.1. The molecule has 0 aliphatic heterocycles. The zero-order valence-corrected chi connectivity index (χ0v) is 10.5. The molecule has 1 aromatic carbocycles. The van der Waals surface area contributed by atoms with Crippen molar-refractivity contribution in [3.8, 4) is 6.07 Å². The first-order valence-corrected chi connectivity index (χ1v) is 6.50. The number of aryl methyl sites for hydroxylation is 1. The summed E-state index contributed by atoms with van der Waals surface area (Å²) in [4.78, 5) is 0. The molecule has 2 nitrogen and oxygen atoms in total. The molecule has 0 bridgehead atoms. The van der Waals surface area contributed by atoms with Gasteiger partial charge in [0.2, 0.25) is 0 Å². The number of nitrogens with one attached hydrogen (secondary N) is 1. The molecule has 1 aromatic rings. The van der Waals surface area contributed by atoms with Crippen molar-refractivity contribution in [2.75, 3.05) is 5.32 Å². The van der Waals surface area contributed by atoms with Crippen LogP contribution in [0.25, 0.3) is 0 Å². The number of rotatable bonds is 2. The second-order valence-electron chi connectivity index (χ2n) is 5.10. The molecular formula is C15H20N2. The van der Waals surface area contributed by atoms with Crippen LogP contribution < -0.4 is 5.32 Å². The smallest absolute Gasteiger partial charge is 0.125 e. The lowest BCUT2D eigenvalue weighted by Crippen LogP contribution is -2.35. The van der Waals surface area contributed by atoms with Crippen molar-refractivity contribution in [2.45, 2.75) is 51.0 Å². The summed E-state index contributed by atoms with van der Waals surface area (Å²) in [6.07, 6.45) is 6.78. The van der Waals surface area contributed by atoms with E-state index in [4.69, 9.17) is 0 Å². The summed E-state index contributed by atoms with van der Waals surface area (Å²) in [6, 6.07) is 10.8. The fourth-order valence-electron chi connectivity index (χ4n) is 2.51. The van der Waals surface area contributed by atoms with E-state index in [1.807, 2.05) is 0 Å². The molecule has 0 heterocycles. The van der Waals surface area contributed by atoms with Crippen LogP contribution >= 0.6 is 0 Å². The molecular weight excluding hydrogens is 208 g/mol. The van der Waals surface area contributed by atoms with Gasteiger partial charge in [0.15, 0.2) is 0 Å². The lowest BCUT2D eigenvalue weighted by Gasteiger charge is -2.27. The predicted molar refractivity (Wildman–Crippen MR) is 70.8 cm³/mol. The van der Waals surface area contributed by atoms with Gasteiger partial charge in [0.05, 0.1) is 6.07 Å². The molecule has 1 N–H and O–H groups in total. The minimum absolute atomic E-state index is 0.342. The average Bonchev–Trinajstić information content (AvgIpc) is 2.58. The molecule has 1 aliphatic carbocycles. The van der Waals surface area contributed by atoms with Crippen LogP contribution in [0.1, 0.15) is 44.1 Å². The molecule has 90 valence electrons. The Morgan fingerprint density at radius 3 is 2.18 bits per heavy atom. The van der Waals surface area contributed by atoms with Crippen molar-refractivity contribution in [3.05, 3.63) is 29.8 Å². The summed E-state index contributed by atoms with van der Waals surface area (Å²) in [5, 5.41) is 12.9. The van der Waals surface area contributed by atoms with Crippen molar-refractivity contribution in [1.82, 2.24) is 0 Å². The average molecular weight is 228 g/mol. The van der Waals surface area contributed by atoms with Crippen LogP contribution in [0.15, 0.2) is 24.3 Å². The molecule has 1 fully saturated rings. The van der Waals surface area contributed by atoms with Crippen molar-refractivity contribution in [2.24, 2.45) is 0 Å². The summed E-state index contributed by atoms with van der Waals surface area (Å²) in [7, 11) is 0. The summed E-state index contributed by atoms with van der Waals surface area (Å²) < 4.78 is 0. The molecule has 0 saturated heterocycles. The van der Waals surface area contributed by atoms with Crippen molar-refractivity contribution < 1.29 is 0 Å². The van der Waals surface area contributed by atoms with Gasteiger partial charge in [0.1, 0.15) is 5.54 Å². The number of hydrogen-bond acceptors (Lipinski definition) is 2. The van der Waals surface area contributed by atoms with Crippen LogP contribution in [0.5, 0.6) is 0 Å². The van der Waals surface area contributed by atoms with E-state index < -0.39 is 0 Å². The molecule has 0 aromatic heterocycles. The Labute approximate surface area is 104 Å². The zero-order chi connectivity index (χ0) is 12.1. The number of anilines is 1. The molecule has 0 radical (unpaired) electrons. The van der Waals surface area contributed by atoms with Gasteiger partial charge < -0.3 is 5.32 Å². The van der Waals surface area contributed by atoms with Crippen LogP contribution in [0.3, 0.4) is 0 Å². The third kappa shape index (κ3) is 3.00. The number of hydrogen-bond donors (Lipinski definition) is 1. The van der Waals surface area contributed by atoms with Crippen LogP contribution in [-0.4, -0.2) is 5.54 Å². The second kappa shape index (κ2) is 5.23. The molecule has 17 heavy (non-hydrogen) atoms. The highest BCUT2D eigenvalue weighted by Crippen LogP contribution is 2.30. The van der Waals surface area contributed by atoms with Crippen LogP contribution in [0.2, 0.25) is 0 Å². The predicted octanol–water partition coefficient (Wildman–Crippen LogP) is 4.02. The van der Waals surface area contributed by atoms with Gasteiger partial charge in [-0.1, -0.05) is 43.4 Å². The highest BCUT2D eigenvalue weighted by molar-refractivity contribution is 5.48. The Balaban J connectivity index is 2.13. The van der Waals surface area contributed by atoms with Crippen LogP contribution in [-0.2, 0) is 0 Å². The highest BCUT2D eigenvalue weighted by atomic mass is 15.0. The van der Waals surface area contributed by atoms with E-state index in [0.29, 0.717) is 0 Å². The summed E-state index contributed by atoms with van der Waals surface area (Å²) >= 11 is 0. The Morgan fingerprint density at radius 1 is 1.06 bits per heavy atom. The molecule has 0 unspecified atom stereocenters. The van der Waals surface area contributed by atoms with Gasteiger partial charge in [-0.15, -0.1) is 0 Å². The fourth-order valence-corrected chi connectivity index (χ4v) is 2.51. The molecule has 1 aliphatic rings. The topological polar surface area (TPSA) is 35.8 Å². The number of nitriles is 1. The lowest BCUT2D eigenvalue weighted by molar-refractivity contribution is 0.510. The van der Waals surface area contributed by atoms with Crippen LogP contribution in [0, 0.1) is 18.3 Å². The van der Waals surface area contributed by atoms with E-state index in [2.05, 4.69) is 42.6 Å². The van der Waals surface area contributed by atoms with Gasteiger partial charge in [-0.3, -0.25) is 0 Å². The third-order valence-electron chi connectivity index (χ3n) is 3.61. The van der Waals surface area contributed by atoms with E-state index in [9.17, 15) is 5.26 Å². The van der Waals surface area contributed by atoms with E-state index in [1.54, 1.807) is 0 Å². The zero-order valence-electron chi connectivity index (χ0n) is 10.5. The fraction of sp³-hybridized carbons (Fsp3) is 0.533. The Hall–Kier alpha value is -1.49. The highest BCUT2D eigenvalue weighted by Gasteiger charge is 2.30. The first-order chi connectivity index (χ1) is 8.24. The molecule has 2 heteroatoms. The summed E-state index contributed by atoms with van der Waals surface area (Å²) in [5.41, 5.74) is 1.98. The Kier molecular flexibility index (Phi) is 3.68. The van der Waals surface area contributed by atoms with Gasteiger partial charge in [-0.2, -0.15) is 5.26 Å². The van der Waals surface area contributed by atoms with Crippen molar-refractivity contribution >= 4 is 5.69 Å². The van der Waals surface area contributed by atoms with Crippen molar-refractivity contribution in [1.29, 1.82) is 5.26 Å². The van der Waals surface area contributed by atoms with Gasteiger partial charge in [0.25, 0.3) is 0 Å². The summed E-state index contributed by atoms with van der Waals surface area (Å²) in [6.45, 7) is 2.08. The maximum Gasteiger partial charge on any atom is 0.125 e. The van der Waals surface area contributed by atoms with Gasteiger partial charge in [0, 0.05) is 5.69 Å². The van der Waals surface area contributed by atoms with Crippen LogP contribution in [0.4, 0.5) is 5.69 Å². The Bertz CT molecular complexity index is 392. The standard InChI is InChI=1S/C15H20N2/c1-13-6-8-14(9-7-13)17-15(12-16)10-4-2-3-5-11-15/h6-9,17H,2-5,10-11H2,1H3. The maximum atomic E-state index is 9.47. The lowest BCUT2D eigenvalue weighted by atomic mass is 9.91. The first kappa shape index (κ1) is 12.0. The molecule has 2 rings (SSSR count). The largest absolute Gasteiger partial charge is 0.367 e. The third-order valence-corrected chi connectivity index (χ3v) is 3.61. The first-order valence-electron chi connectivity index (χ1n) is 6.50. The SMILES string of the molecule is Cc1ccc(NC2(C#N)CCCCCC2)cc1. The molecule has 0 atom stereocenters. The van der Waals surface area contributed by atoms with E-state index in [0.717, 1.165) is 31.4 Å². The minimum atomic E-state index is -0.342. The van der Waals surface area contributed by atoms with E-state index >= 15 is 0 Å². The maximum absolute atomic E-state index is 9.47. The molecule has 0 spiro atoms. The summed E-state index contributed by atoms with van der Waals surface area (Å²) in [5.74, 6) is 0. The molecule has 1 saturated carbocycles. The molecule has 0 amide bonds. The van der Waals surface area contributed by atoms with Gasteiger partial charge in [-0.05, 0) is 31.9 Å². The van der Waals surface area contributed by atoms with Gasteiger partial charge in [-0.25, -0.2) is 0 Å². The second-order valence-corrected chi connectivity index (χ2v) is 5.10. The quantitative estimate of drug-likeness (QED) is 0.776. The minimum Gasteiger partial charge on any atom is -0.367 e. The van der Waals surface area contributed by atoms with Crippen molar-refractivity contribution in [3.63, 3.8) is 0 Å². The number of benzene rings is 1.